The second-order valence-electron chi connectivity index (χ2n) is 4.29. The topological polar surface area (TPSA) is 35.6 Å². The maximum atomic E-state index is 11.9. The maximum Gasteiger partial charge on any atom is 0.319 e. The molecule has 82 valence electrons. The van der Waals surface area contributed by atoms with Crippen molar-refractivity contribution in [1.29, 1.82) is 0 Å². The molecule has 1 heterocycles. The highest BCUT2D eigenvalue weighted by Crippen LogP contribution is 2.02. The van der Waals surface area contributed by atoms with Crippen LogP contribution in [0.3, 0.4) is 0 Å². The summed E-state index contributed by atoms with van der Waals surface area (Å²) < 4.78 is 0. The fourth-order valence-corrected chi connectivity index (χ4v) is 1.72. The fraction of sp³-hybridized carbons (Fsp3) is 0.900. The molecule has 0 aromatic heterocycles. The summed E-state index contributed by atoms with van der Waals surface area (Å²) in [5.74, 6) is 0.534. The molecule has 1 N–H and O–H groups in total. The van der Waals surface area contributed by atoms with Crippen LogP contribution in [0.15, 0.2) is 0 Å². The molecule has 2 amide bonds. The first kappa shape index (κ1) is 11.3. The monoisotopic (exact) mass is 199 g/mol. The third kappa shape index (κ3) is 3.18. The van der Waals surface area contributed by atoms with Gasteiger partial charge in [0, 0.05) is 39.8 Å². The summed E-state index contributed by atoms with van der Waals surface area (Å²) in [6.07, 6.45) is 0. The molecule has 1 aliphatic rings. The smallest absolute Gasteiger partial charge is 0.319 e. The Hall–Kier alpha value is -0.770. The summed E-state index contributed by atoms with van der Waals surface area (Å²) in [6.45, 7) is 8.59. The van der Waals surface area contributed by atoms with Gasteiger partial charge in [-0.2, -0.15) is 0 Å². The lowest BCUT2D eigenvalue weighted by Crippen LogP contribution is -2.51. The van der Waals surface area contributed by atoms with Crippen molar-refractivity contribution in [2.75, 3.05) is 39.8 Å². The first-order valence-corrected chi connectivity index (χ1v) is 5.32. The molecule has 0 unspecified atom stereocenters. The van der Waals surface area contributed by atoms with E-state index in [0.717, 1.165) is 32.7 Å². The number of hydrogen-bond donors (Lipinski definition) is 1. The minimum Gasteiger partial charge on any atom is -0.327 e. The minimum atomic E-state index is 0.167. The Kier molecular flexibility index (Phi) is 4.20. The van der Waals surface area contributed by atoms with E-state index in [4.69, 9.17) is 0 Å². The quantitative estimate of drug-likeness (QED) is 0.707. The van der Waals surface area contributed by atoms with E-state index in [2.05, 4.69) is 19.2 Å². The average Bonchev–Trinajstić information content (AvgIpc) is 2.17. The standard InChI is InChI=1S/C10H21N3O/c1-9(2)8-12(3)10(14)13-6-4-11-5-7-13/h9,11H,4-8H2,1-3H3. The van der Waals surface area contributed by atoms with Gasteiger partial charge in [0.05, 0.1) is 0 Å². The Balaban J connectivity index is 2.38. The Labute approximate surface area is 86.2 Å². The maximum absolute atomic E-state index is 11.9. The molecule has 14 heavy (non-hydrogen) atoms. The van der Waals surface area contributed by atoms with Gasteiger partial charge in [-0.25, -0.2) is 4.79 Å². The molecule has 4 heteroatoms. The predicted octanol–water partition coefficient (Wildman–Crippen LogP) is 0.599. The van der Waals surface area contributed by atoms with Gasteiger partial charge in [-0.05, 0) is 5.92 Å². The third-order valence-corrected chi connectivity index (χ3v) is 2.35. The van der Waals surface area contributed by atoms with Gasteiger partial charge in [0.25, 0.3) is 0 Å². The molecule has 0 bridgehead atoms. The van der Waals surface area contributed by atoms with E-state index >= 15 is 0 Å². The van der Waals surface area contributed by atoms with Crippen molar-refractivity contribution in [3.8, 4) is 0 Å². The van der Waals surface area contributed by atoms with E-state index < -0.39 is 0 Å². The summed E-state index contributed by atoms with van der Waals surface area (Å²) in [5.41, 5.74) is 0. The summed E-state index contributed by atoms with van der Waals surface area (Å²) in [7, 11) is 1.88. The number of carbonyl (C=O) groups excluding carboxylic acids is 1. The Bertz CT molecular complexity index is 188. The van der Waals surface area contributed by atoms with Gasteiger partial charge in [-0.3, -0.25) is 0 Å². The van der Waals surface area contributed by atoms with Crippen molar-refractivity contribution >= 4 is 6.03 Å². The van der Waals surface area contributed by atoms with Crippen molar-refractivity contribution in [3.63, 3.8) is 0 Å². The van der Waals surface area contributed by atoms with Crippen molar-refractivity contribution in [2.24, 2.45) is 5.92 Å². The van der Waals surface area contributed by atoms with Gasteiger partial charge in [-0.1, -0.05) is 13.8 Å². The van der Waals surface area contributed by atoms with E-state index in [1.807, 2.05) is 16.8 Å². The highest BCUT2D eigenvalue weighted by molar-refractivity contribution is 5.74. The average molecular weight is 199 g/mol. The van der Waals surface area contributed by atoms with Gasteiger partial charge >= 0.3 is 6.03 Å². The summed E-state index contributed by atoms with van der Waals surface area (Å²) >= 11 is 0. The molecule has 0 radical (unpaired) electrons. The lowest BCUT2D eigenvalue weighted by Gasteiger charge is -2.32. The van der Waals surface area contributed by atoms with Crippen molar-refractivity contribution < 1.29 is 4.79 Å². The Morgan fingerprint density at radius 3 is 2.50 bits per heavy atom. The fourth-order valence-electron chi connectivity index (χ4n) is 1.72. The third-order valence-electron chi connectivity index (χ3n) is 2.35. The van der Waals surface area contributed by atoms with Gasteiger partial charge < -0.3 is 15.1 Å². The number of urea groups is 1. The lowest BCUT2D eigenvalue weighted by atomic mass is 10.2. The van der Waals surface area contributed by atoms with Crippen molar-refractivity contribution in [1.82, 2.24) is 15.1 Å². The molecule has 1 aliphatic heterocycles. The number of carbonyl (C=O) groups is 1. The van der Waals surface area contributed by atoms with Crippen LogP contribution < -0.4 is 5.32 Å². The molecule has 1 rings (SSSR count). The number of hydrogen-bond acceptors (Lipinski definition) is 2. The van der Waals surface area contributed by atoms with Crippen molar-refractivity contribution in [3.05, 3.63) is 0 Å². The molecule has 0 aromatic rings. The van der Waals surface area contributed by atoms with E-state index in [0.29, 0.717) is 5.92 Å². The zero-order valence-electron chi connectivity index (χ0n) is 9.42. The van der Waals surface area contributed by atoms with Crippen LogP contribution in [-0.2, 0) is 0 Å². The molecule has 0 atom stereocenters. The zero-order chi connectivity index (χ0) is 10.6. The first-order chi connectivity index (χ1) is 6.61. The molecule has 0 aromatic carbocycles. The predicted molar refractivity (Wildman–Crippen MR) is 57.3 cm³/mol. The van der Waals surface area contributed by atoms with Crippen LogP contribution >= 0.6 is 0 Å². The number of piperazine rings is 1. The summed E-state index contributed by atoms with van der Waals surface area (Å²) in [5, 5.41) is 3.24. The van der Waals surface area contributed by atoms with E-state index in [-0.39, 0.29) is 6.03 Å². The molecule has 0 saturated carbocycles. The SMILES string of the molecule is CC(C)CN(C)C(=O)N1CCNCC1. The van der Waals surface area contributed by atoms with Crippen molar-refractivity contribution in [2.45, 2.75) is 13.8 Å². The molecular formula is C10H21N3O. The molecule has 1 saturated heterocycles. The normalized spacial score (nSPS) is 17.3. The highest BCUT2D eigenvalue weighted by Gasteiger charge is 2.19. The van der Waals surface area contributed by atoms with E-state index in [9.17, 15) is 4.79 Å². The van der Waals surface area contributed by atoms with Crippen LogP contribution in [-0.4, -0.2) is 55.6 Å². The van der Waals surface area contributed by atoms with Gasteiger partial charge in [0.15, 0.2) is 0 Å². The van der Waals surface area contributed by atoms with Crippen LogP contribution in [0.2, 0.25) is 0 Å². The van der Waals surface area contributed by atoms with E-state index in [1.165, 1.54) is 0 Å². The molecule has 0 aliphatic carbocycles. The Morgan fingerprint density at radius 1 is 1.43 bits per heavy atom. The van der Waals surface area contributed by atoms with E-state index in [1.54, 1.807) is 0 Å². The Morgan fingerprint density at radius 2 is 2.00 bits per heavy atom. The summed E-state index contributed by atoms with van der Waals surface area (Å²) in [4.78, 5) is 15.6. The second-order valence-corrected chi connectivity index (χ2v) is 4.29. The molecule has 4 nitrogen and oxygen atoms in total. The van der Waals surface area contributed by atoms with Gasteiger partial charge in [-0.15, -0.1) is 0 Å². The van der Waals surface area contributed by atoms with Gasteiger partial charge in [0.1, 0.15) is 0 Å². The second kappa shape index (κ2) is 5.20. The molecular weight excluding hydrogens is 178 g/mol. The van der Waals surface area contributed by atoms with Crippen LogP contribution in [0, 0.1) is 5.92 Å². The number of nitrogens with zero attached hydrogens (tertiary/aromatic N) is 2. The van der Waals surface area contributed by atoms with Crippen LogP contribution in [0.4, 0.5) is 4.79 Å². The highest BCUT2D eigenvalue weighted by atomic mass is 16.2. The zero-order valence-corrected chi connectivity index (χ0v) is 9.42. The van der Waals surface area contributed by atoms with Crippen LogP contribution in [0.5, 0.6) is 0 Å². The summed E-state index contributed by atoms with van der Waals surface area (Å²) in [6, 6.07) is 0.167. The minimum absolute atomic E-state index is 0.167. The van der Waals surface area contributed by atoms with Crippen LogP contribution in [0.1, 0.15) is 13.8 Å². The first-order valence-electron chi connectivity index (χ1n) is 5.32. The molecule has 1 fully saturated rings. The lowest BCUT2D eigenvalue weighted by molar-refractivity contribution is 0.152. The van der Waals surface area contributed by atoms with Crippen LogP contribution in [0.25, 0.3) is 0 Å². The molecule has 0 spiro atoms. The number of nitrogens with one attached hydrogen (secondary N) is 1. The number of rotatable bonds is 2. The van der Waals surface area contributed by atoms with Gasteiger partial charge in [0.2, 0.25) is 0 Å². The largest absolute Gasteiger partial charge is 0.327 e. The number of amides is 2.